The first-order valence-electron chi connectivity index (χ1n) is 3.88. The zero-order chi connectivity index (χ0) is 10.6. The third-order valence-electron chi connectivity index (χ3n) is 1.50. The number of ether oxygens (including phenoxy) is 2. The van der Waals surface area contributed by atoms with Crippen molar-refractivity contribution in [3.05, 3.63) is 23.2 Å². The van der Waals surface area contributed by atoms with Crippen molar-refractivity contribution in [2.75, 3.05) is 13.7 Å². The number of benzene rings is 1. The van der Waals surface area contributed by atoms with Crippen molar-refractivity contribution in [2.45, 2.75) is 6.43 Å². The van der Waals surface area contributed by atoms with Crippen LogP contribution in [0.4, 0.5) is 8.78 Å². The summed E-state index contributed by atoms with van der Waals surface area (Å²) >= 11 is 5.74. The Morgan fingerprint density at radius 3 is 2.64 bits per heavy atom. The Bertz CT molecular complexity index is 305. The van der Waals surface area contributed by atoms with E-state index in [1.807, 2.05) is 0 Å². The molecule has 1 aromatic rings. The third kappa shape index (κ3) is 3.03. The lowest BCUT2D eigenvalue weighted by molar-refractivity contribution is 0.0819. The predicted octanol–water partition coefficient (Wildman–Crippen LogP) is 2.99. The number of hydrogen-bond acceptors (Lipinski definition) is 2. The summed E-state index contributed by atoms with van der Waals surface area (Å²) < 4.78 is 33.3. The second kappa shape index (κ2) is 5.00. The standard InChI is InChI=1S/C9H9ClF2O2/c1-13-6-2-3-8(7(10)4-6)14-5-9(11)12/h2-4,9H,5H2,1H3. The lowest BCUT2D eigenvalue weighted by Crippen LogP contribution is -2.07. The van der Waals surface area contributed by atoms with Gasteiger partial charge in [-0.1, -0.05) is 11.6 Å². The fourth-order valence-electron chi connectivity index (χ4n) is 0.878. The fraction of sp³-hybridized carbons (Fsp3) is 0.333. The zero-order valence-corrected chi connectivity index (χ0v) is 8.22. The summed E-state index contributed by atoms with van der Waals surface area (Å²) in [6.07, 6.45) is -2.51. The van der Waals surface area contributed by atoms with E-state index in [0.29, 0.717) is 5.75 Å². The van der Waals surface area contributed by atoms with Crippen molar-refractivity contribution in [3.63, 3.8) is 0 Å². The van der Waals surface area contributed by atoms with Gasteiger partial charge in [0.15, 0.2) is 0 Å². The number of alkyl halides is 2. The minimum absolute atomic E-state index is 0.229. The molecule has 0 heterocycles. The summed E-state index contributed by atoms with van der Waals surface area (Å²) in [5, 5.41) is 0.255. The van der Waals surface area contributed by atoms with Crippen LogP contribution in [0.1, 0.15) is 0 Å². The SMILES string of the molecule is COc1ccc(OCC(F)F)c(Cl)c1. The molecule has 14 heavy (non-hydrogen) atoms. The van der Waals surface area contributed by atoms with E-state index in [2.05, 4.69) is 0 Å². The van der Waals surface area contributed by atoms with Gasteiger partial charge in [0.05, 0.1) is 12.1 Å². The lowest BCUT2D eigenvalue weighted by Gasteiger charge is -2.08. The molecule has 0 N–H and O–H groups in total. The number of rotatable bonds is 4. The van der Waals surface area contributed by atoms with E-state index >= 15 is 0 Å². The van der Waals surface area contributed by atoms with Gasteiger partial charge < -0.3 is 9.47 Å². The first-order chi connectivity index (χ1) is 6.63. The normalized spacial score (nSPS) is 10.4. The van der Waals surface area contributed by atoms with Crippen molar-refractivity contribution in [1.82, 2.24) is 0 Å². The third-order valence-corrected chi connectivity index (χ3v) is 1.80. The molecule has 78 valence electrons. The van der Waals surface area contributed by atoms with Gasteiger partial charge in [-0.05, 0) is 12.1 Å². The average molecular weight is 223 g/mol. The van der Waals surface area contributed by atoms with Gasteiger partial charge in [0.2, 0.25) is 0 Å². The largest absolute Gasteiger partial charge is 0.497 e. The average Bonchev–Trinajstić information content (AvgIpc) is 2.15. The molecule has 0 saturated heterocycles. The van der Waals surface area contributed by atoms with Crippen LogP contribution in [0.25, 0.3) is 0 Å². The molecule has 0 atom stereocenters. The van der Waals surface area contributed by atoms with Crippen molar-refractivity contribution in [2.24, 2.45) is 0 Å². The van der Waals surface area contributed by atoms with Crippen molar-refractivity contribution >= 4 is 11.6 Å². The summed E-state index contributed by atoms with van der Waals surface area (Å²) in [5.41, 5.74) is 0. The molecular weight excluding hydrogens is 214 g/mol. The van der Waals surface area contributed by atoms with E-state index in [1.54, 1.807) is 6.07 Å². The monoisotopic (exact) mass is 222 g/mol. The summed E-state index contributed by atoms with van der Waals surface area (Å²) in [4.78, 5) is 0. The molecular formula is C9H9ClF2O2. The van der Waals surface area contributed by atoms with E-state index in [9.17, 15) is 8.78 Å². The van der Waals surface area contributed by atoms with Gasteiger partial charge in [0, 0.05) is 6.07 Å². The van der Waals surface area contributed by atoms with E-state index in [4.69, 9.17) is 21.1 Å². The Balaban J connectivity index is 2.69. The van der Waals surface area contributed by atoms with Gasteiger partial charge >= 0.3 is 0 Å². The summed E-state index contributed by atoms with van der Waals surface area (Å²) in [5.74, 6) is 0.784. The maximum absolute atomic E-state index is 11.8. The molecule has 0 aliphatic heterocycles. The van der Waals surface area contributed by atoms with E-state index < -0.39 is 13.0 Å². The smallest absolute Gasteiger partial charge is 0.272 e. The maximum Gasteiger partial charge on any atom is 0.272 e. The number of halogens is 3. The summed E-state index contributed by atoms with van der Waals surface area (Å²) in [6.45, 7) is -0.661. The Hall–Kier alpha value is -1.03. The highest BCUT2D eigenvalue weighted by atomic mass is 35.5. The number of hydrogen-bond donors (Lipinski definition) is 0. The van der Waals surface area contributed by atoms with Crippen LogP contribution in [0.3, 0.4) is 0 Å². The van der Waals surface area contributed by atoms with Gasteiger partial charge in [-0.15, -0.1) is 0 Å². The second-order valence-electron chi connectivity index (χ2n) is 2.50. The van der Waals surface area contributed by atoms with Crippen LogP contribution in [-0.2, 0) is 0 Å². The van der Waals surface area contributed by atoms with Gasteiger partial charge in [-0.25, -0.2) is 8.78 Å². The highest BCUT2D eigenvalue weighted by Gasteiger charge is 2.07. The summed E-state index contributed by atoms with van der Waals surface area (Å²) in [6, 6.07) is 4.58. The van der Waals surface area contributed by atoms with Crippen LogP contribution < -0.4 is 9.47 Å². The predicted molar refractivity (Wildman–Crippen MR) is 49.5 cm³/mol. The minimum Gasteiger partial charge on any atom is -0.497 e. The molecule has 0 unspecified atom stereocenters. The summed E-state index contributed by atoms with van der Waals surface area (Å²) in [7, 11) is 1.49. The molecule has 0 bridgehead atoms. The molecule has 1 rings (SSSR count). The Labute approximate surface area is 85.4 Å². The molecule has 0 spiro atoms. The highest BCUT2D eigenvalue weighted by Crippen LogP contribution is 2.28. The molecule has 0 aliphatic carbocycles. The van der Waals surface area contributed by atoms with Gasteiger partial charge in [-0.3, -0.25) is 0 Å². The van der Waals surface area contributed by atoms with Gasteiger partial charge in [0.1, 0.15) is 18.1 Å². The minimum atomic E-state index is -2.51. The van der Waals surface area contributed by atoms with E-state index in [-0.39, 0.29) is 10.8 Å². The van der Waals surface area contributed by atoms with Crippen LogP contribution in [0.15, 0.2) is 18.2 Å². The quantitative estimate of drug-likeness (QED) is 0.780. The van der Waals surface area contributed by atoms with E-state index in [0.717, 1.165) is 0 Å². The molecule has 0 saturated carbocycles. The van der Waals surface area contributed by atoms with Crippen molar-refractivity contribution in [1.29, 1.82) is 0 Å². The van der Waals surface area contributed by atoms with Crippen LogP contribution in [0.5, 0.6) is 11.5 Å². The lowest BCUT2D eigenvalue weighted by atomic mass is 10.3. The molecule has 0 radical (unpaired) electrons. The first kappa shape index (κ1) is 11.0. The molecule has 5 heteroatoms. The Morgan fingerprint density at radius 2 is 2.14 bits per heavy atom. The van der Waals surface area contributed by atoms with Crippen LogP contribution in [-0.4, -0.2) is 20.1 Å². The fourth-order valence-corrected chi connectivity index (χ4v) is 1.10. The van der Waals surface area contributed by atoms with Gasteiger partial charge in [-0.2, -0.15) is 0 Å². The Kier molecular flexibility index (Phi) is 3.95. The Morgan fingerprint density at radius 1 is 1.43 bits per heavy atom. The zero-order valence-electron chi connectivity index (χ0n) is 7.47. The van der Waals surface area contributed by atoms with Crippen LogP contribution in [0, 0.1) is 0 Å². The first-order valence-corrected chi connectivity index (χ1v) is 4.25. The molecule has 0 aromatic heterocycles. The molecule has 0 aliphatic rings. The van der Waals surface area contributed by atoms with Crippen LogP contribution >= 0.6 is 11.6 Å². The van der Waals surface area contributed by atoms with Crippen molar-refractivity contribution < 1.29 is 18.3 Å². The highest BCUT2D eigenvalue weighted by molar-refractivity contribution is 6.32. The molecule has 0 amide bonds. The van der Waals surface area contributed by atoms with Crippen LogP contribution in [0.2, 0.25) is 5.02 Å². The molecule has 2 nitrogen and oxygen atoms in total. The molecule has 0 fully saturated rings. The maximum atomic E-state index is 11.8. The van der Waals surface area contributed by atoms with E-state index in [1.165, 1.54) is 19.2 Å². The van der Waals surface area contributed by atoms with Crippen molar-refractivity contribution in [3.8, 4) is 11.5 Å². The van der Waals surface area contributed by atoms with Gasteiger partial charge in [0.25, 0.3) is 6.43 Å². The molecule has 1 aromatic carbocycles. The second-order valence-corrected chi connectivity index (χ2v) is 2.91. The topological polar surface area (TPSA) is 18.5 Å². The number of methoxy groups -OCH3 is 1.